The van der Waals surface area contributed by atoms with Crippen LogP contribution in [0.15, 0.2) is 18.2 Å². The van der Waals surface area contributed by atoms with Crippen LogP contribution < -0.4 is 4.43 Å². The Morgan fingerprint density at radius 1 is 1.27 bits per heavy atom. The lowest BCUT2D eigenvalue weighted by molar-refractivity contribution is 0.476. The third-order valence-corrected chi connectivity index (χ3v) is 7.40. The van der Waals surface area contributed by atoms with Gasteiger partial charge in [-0.15, -0.1) is 0 Å². The highest BCUT2D eigenvalue weighted by molar-refractivity contribution is 6.74. The predicted octanol–water partition coefficient (Wildman–Crippen LogP) is 4.12. The fraction of sp³-hybridized carbons (Fsp3) is 0.545. The second-order valence-electron chi connectivity index (χ2n) is 5.16. The van der Waals surface area contributed by atoms with Crippen LogP contribution in [0, 0.1) is 0 Å². The fourth-order valence-electron chi connectivity index (χ4n) is 0.861. The average molecular weight is 244 g/mol. The van der Waals surface area contributed by atoms with E-state index in [0.29, 0.717) is 11.0 Å². The summed E-state index contributed by atoms with van der Waals surface area (Å²) >= 11 is 5.81. The second kappa shape index (κ2) is 4.14. The summed E-state index contributed by atoms with van der Waals surface area (Å²) in [5, 5.41) is 0.656. The average Bonchev–Trinajstić information content (AvgIpc) is 2.00. The van der Waals surface area contributed by atoms with Gasteiger partial charge in [-0.1, -0.05) is 38.4 Å². The van der Waals surface area contributed by atoms with Crippen LogP contribution in [0.2, 0.25) is 23.3 Å². The molecular weight excluding hydrogens is 226 g/mol. The number of hydrogen-bond acceptors (Lipinski definition) is 2. The van der Waals surface area contributed by atoms with Crippen LogP contribution in [0.3, 0.4) is 0 Å². The van der Waals surface area contributed by atoms with Crippen molar-refractivity contribution in [2.75, 3.05) is 0 Å². The van der Waals surface area contributed by atoms with Crippen LogP contribution in [0.5, 0.6) is 5.88 Å². The second-order valence-corrected chi connectivity index (χ2v) is 10.3. The van der Waals surface area contributed by atoms with Crippen LogP contribution >= 0.6 is 11.6 Å². The molecule has 0 saturated heterocycles. The Morgan fingerprint density at radius 2 is 1.87 bits per heavy atom. The van der Waals surface area contributed by atoms with Crippen molar-refractivity contribution >= 4 is 19.9 Å². The van der Waals surface area contributed by atoms with Crippen LogP contribution in [0.4, 0.5) is 0 Å². The molecule has 1 rings (SSSR count). The maximum Gasteiger partial charge on any atom is 0.252 e. The molecule has 0 spiro atoms. The molecule has 15 heavy (non-hydrogen) atoms. The Morgan fingerprint density at radius 3 is 2.33 bits per heavy atom. The number of nitrogens with zero attached hydrogens (tertiary/aromatic N) is 1. The summed E-state index contributed by atoms with van der Waals surface area (Å²) in [6, 6.07) is 5.46. The standard InChI is InChI=1S/C11H18ClNOSi/c1-11(2,3)15(4,5)14-10-8-6-7-9(12)13-10/h6-8H,1-5H3. The van der Waals surface area contributed by atoms with Gasteiger partial charge < -0.3 is 4.43 Å². The van der Waals surface area contributed by atoms with E-state index in [2.05, 4.69) is 38.8 Å². The van der Waals surface area contributed by atoms with Crippen molar-refractivity contribution in [3.8, 4) is 5.88 Å². The Balaban J connectivity index is 2.87. The minimum absolute atomic E-state index is 0.178. The van der Waals surface area contributed by atoms with Crippen LogP contribution in [-0.2, 0) is 0 Å². The van der Waals surface area contributed by atoms with Crippen LogP contribution in [0.25, 0.3) is 0 Å². The predicted molar refractivity (Wildman–Crippen MR) is 67.1 cm³/mol. The minimum atomic E-state index is -1.79. The molecule has 0 N–H and O–H groups in total. The smallest absolute Gasteiger partial charge is 0.252 e. The van der Waals surface area contributed by atoms with E-state index in [1.807, 2.05) is 12.1 Å². The summed E-state index contributed by atoms with van der Waals surface area (Å²) < 4.78 is 5.99. The zero-order valence-corrected chi connectivity index (χ0v) is 11.7. The molecule has 1 aromatic rings. The molecule has 1 heterocycles. The van der Waals surface area contributed by atoms with Crippen LogP contribution in [-0.4, -0.2) is 13.3 Å². The van der Waals surface area contributed by atoms with Gasteiger partial charge in [0.05, 0.1) is 0 Å². The van der Waals surface area contributed by atoms with Crippen molar-refractivity contribution in [3.63, 3.8) is 0 Å². The van der Waals surface area contributed by atoms with E-state index >= 15 is 0 Å². The van der Waals surface area contributed by atoms with Gasteiger partial charge in [-0.25, -0.2) is 4.98 Å². The number of halogens is 1. The Bertz CT molecular complexity index is 347. The lowest BCUT2D eigenvalue weighted by atomic mass is 10.2. The molecule has 4 heteroatoms. The number of pyridine rings is 1. The normalized spacial score (nSPS) is 12.7. The van der Waals surface area contributed by atoms with Gasteiger partial charge in [0.15, 0.2) is 0 Å². The number of aromatic nitrogens is 1. The Kier molecular flexibility index (Phi) is 3.46. The zero-order chi connectivity index (χ0) is 11.7. The molecule has 0 amide bonds. The van der Waals surface area contributed by atoms with Crippen molar-refractivity contribution < 1.29 is 4.43 Å². The van der Waals surface area contributed by atoms with Gasteiger partial charge in [0.2, 0.25) is 5.88 Å². The molecule has 0 aliphatic carbocycles. The van der Waals surface area contributed by atoms with Crippen molar-refractivity contribution in [2.45, 2.75) is 38.9 Å². The topological polar surface area (TPSA) is 22.1 Å². The molecule has 0 bridgehead atoms. The highest BCUT2D eigenvalue weighted by Crippen LogP contribution is 2.36. The Labute approximate surface area is 97.8 Å². The van der Waals surface area contributed by atoms with Crippen molar-refractivity contribution in [1.29, 1.82) is 0 Å². The van der Waals surface area contributed by atoms with E-state index in [0.717, 1.165) is 0 Å². The molecule has 2 nitrogen and oxygen atoms in total. The molecule has 0 radical (unpaired) electrons. The van der Waals surface area contributed by atoms with Gasteiger partial charge in [-0.2, -0.15) is 0 Å². The van der Waals surface area contributed by atoms with Gasteiger partial charge in [-0.3, -0.25) is 0 Å². The molecule has 0 unspecified atom stereocenters. The lowest BCUT2D eigenvalue weighted by Gasteiger charge is -2.35. The minimum Gasteiger partial charge on any atom is -0.531 e. The molecule has 0 aliphatic heterocycles. The third-order valence-electron chi connectivity index (χ3n) is 2.86. The van der Waals surface area contributed by atoms with Crippen molar-refractivity contribution in [2.24, 2.45) is 0 Å². The largest absolute Gasteiger partial charge is 0.531 e. The summed E-state index contributed by atoms with van der Waals surface area (Å²) in [6.07, 6.45) is 0. The first kappa shape index (κ1) is 12.5. The van der Waals surface area contributed by atoms with E-state index in [1.165, 1.54) is 0 Å². The molecule has 0 atom stereocenters. The molecule has 0 fully saturated rings. The number of hydrogen-bond donors (Lipinski definition) is 0. The maximum atomic E-state index is 5.99. The summed E-state index contributed by atoms with van der Waals surface area (Å²) in [4.78, 5) is 4.15. The molecule has 0 aromatic carbocycles. The zero-order valence-electron chi connectivity index (χ0n) is 9.97. The van der Waals surface area contributed by atoms with E-state index in [1.54, 1.807) is 6.07 Å². The van der Waals surface area contributed by atoms with E-state index in [-0.39, 0.29) is 5.04 Å². The van der Waals surface area contributed by atoms with Crippen molar-refractivity contribution in [3.05, 3.63) is 23.4 Å². The van der Waals surface area contributed by atoms with E-state index < -0.39 is 8.32 Å². The third kappa shape index (κ3) is 3.21. The molecule has 0 saturated carbocycles. The van der Waals surface area contributed by atoms with E-state index in [9.17, 15) is 0 Å². The summed E-state index contributed by atoms with van der Waals surface area (Å²) in [7, 11) is -1.79. The van der Waals surface area contributed by atoms with Crippen molar-refractivity contribution in [1.82, 2.24) is 4.98 Å². The first-order valence-electron chi connectivity index (χ1n) is 5.04. The highest BCUT2D eigenvalue weighted by atomic mass is 35.5. The van der Waals surface area contributed by atoms with E-state index in [4.69, 9.17) is 16.0 Å². The fourth-order valence-corrected chi connectivity index (χ4v) is 1.96. The summed E-state index contributed by atoms with van der Waals surface area (Å²) in [5.74, 6) is 0.633. The van der Waals surface area contributed by atoms with Gasteiger partial charge in [-0.05, 0) is 30.3 Å². The molecule has 0 aliphatic rings. The first-order chi connectivity index (χ1) is 6.72. The Hall–Kier alpha value is -0.543. The first-order valence-corrected chi connectivity index (χ1v) is 8.32. The SMILES string of the molecule is CC(C)(C)[Si](C)(C)Oc1cccc(Cl)n1. The maximum absolute atomic E-state index is 5.99. The molecular formula is C11H18ClNOSi. The van der Waals surface area contributed by atoms with Gasteiger partial charge in [0.1, 0.15) is 5.15 Å². The monoisotopic (exact) mass is 243 g/mol. The summed E-state index contributed by atoms with van der Waals surface area (Å²) in [5.41, 5.74) is 0. The van der Waals surface area contributed by atoms with Gasteiger partial charge in [0, 0.05) is 0 Å². The lowest BCUT2D eigenvalue weighted by Crippen LogP contribution is -2.44. The highest BCUT2D eigenvalue weighted by Gasteiger charge is 2.39. The van der Waals surface area contributed by atoms with Gasteiger partial charge in [0.25, 0.3) is 8.32 Å². The quantitative estimate of drug-likeness (QED) is 0.576. The number of rotatable bonds is 2. The van der Waals surface area contributed by atoms with Gasteiger partial charge >= 0.3 is 0 Å². The van der Waals surface area contributed by atoms with Crippen LogP contribution in [0.1, 0.15) is 20.8 Å². The molecule has 84 valence electrons. The summed E-state index contributed by atoms with van der Waals surface area (Å²) in [6.45, 7) is 11.0. The molecule has 1 aromatic heterocycles.